The second-order valence-electron chi connectivity index (χ2n) is 4.43. The molecule has 1 heterocycles. The van der Waals surface area contributed by atoms with Gasteiger partial charge in [-0.25, -0.2) is 8.42 Å². The average molecular weight is 410 g/mol. The molecule has 8 heteroatoms. The van der Waals surface area contributed by atoms with Crippen LogP contribution in [0.5, 0.6) is 0 Å². The maximum atomic E-state index is 12.6. The smallest absolute Gasteiger partial charge is 0.263 e. The molecule has 0 bridgehead atoms. The van der Waals surface area contributed by atoms with E-state index in [4.69, 9.17) is 11.6 Å². The van der Waals surface area contributed by atoms with Crippen molar-refractivity contribution in [1.82, 2.24) is 5.32 Å². The van der Waals surface area contributed by atoms with Crippen LogP contribution in [-0.2, 0) is 16.6 Å². The molecular formula is C13H14BrClN2O2S2. The SMILES string of the molecule is CNCc1scc(C)c1S(=O)(=O)Nc1cc(Cl)ccc1Br. The number of nitrogens with one attached hydrogen (secondary N) is 2. The number of thiophene rings is 1. The average Bonchev–Trinajstić information content (AvgIpc) is 2.76. The van der Waals surface area contributed by atoms with Crippen LogP contribution in [0, 0.1) is 6.92 Å². The summed E-state index contributed by atoms with van der Waals surface area (Å²) in [5.74, 6) is 0. The fourth-order valence-corrected chi connectivity index (χ4v) is 5.45. The lowest BCUT2D eigenvalue weighted by molar-refractivity contribution is 0.599. The Morgan fingerprint density at radius 3 is 2.76 bits per heavy atom. The van der Waals surface area contributed by atoms with Crippen LogP contribution in [0.25, 0.3) is 0 Å². The number of halogens is 2. The fraction of sp³-hybridized carbons (Fsp3) is 0.231. The lowest BCUT2D eigenvalue weighted by atomic mass is 10.3. The van der Waals surface area contributed by atoms with Crippen molar-refractivity contribution in [3.8, 4) is 0 Å². The Morgan fingerprint density at radius 1 is 1.38 bits per heavy atom. The highest BCUT2D eigenvalue weighted by molar-refractivity contribution is 9.10. The zero-order valence-electron chi connectivity index (χ0n) is 11.4. The summed E-state index contributed by atoms with van der Waals surface area (Å²) in [5.41, 5.74) is 1.15. The van der Waals surface area contributed by atoms with Crippen LogP contribution in [0.3, 0.4) is 0 Å². The van der Waals surface area contributed by atoms with Crippen LogP contribution in [-0.4, -0.2) is 15.5 Å². The van der Waals surface area contributed by atoms with Gasteiger partial charge in [0.15, 0.2) is 0 Å². The Bertz CT molecular complexity index is 760. The largest absolute Gasteiger partial charge is 0.315 e. The van der Waals surface area contributed by atoms with Crippen LogP contribution in [0.1, 0.15) is 10.4 Å². The van der Waals surface area contributed by atoms with Gasteiger partial charge in [0.25, 0.3) is 10.0 Å². The molecule has 21 heavy (non-hydrogen) atoms. The predicted molar refractivity (Wildman–Crippen MR) is 91.8 cm³/mol. The molecule has 0 radical (unpaired) electrons. The first-order valence-electron chi connectivity index (χ1n) is 6.04. The van der Waals surface area contributed by atoms with Gasteiger partial charge in [-0.05, 0) is 59.0 Å². The normalized spacial score (nSPS) is 11.6. The molecule has 2 N–H and O–H groups in total. The molecule has 0 atom stereocenters. The van der Waals surface area contributed by atoms with Gasteiger partial charge in [-0.3, -0.25) is 4.72 Å². The van der Waals surface area contributed by atoms with Crippen LogP contribution < -0.4 is 10.0 Å². The third-order valence-electron chi connectivity index (χ3n) is 2.77. The molecule has 0 unspecified atom stereocenters. The lowest BCUT2D eigenvalue weighted by Crippen LogP contribution is -2.17. The van der Waals surface area contributed by atoms with Crippen molar-refractivity contribution in [2.75, 3.05) is 11.8 Å². The van der Waals surface area contributed by atoms with E-state index in [1.807, 2.05) is 5.38 Å². The minimum Gasteiger partial charge on any atom is -0.315 e. The summed E-state index contributed by atoms with van der Waals surface area (Å²) in [5, 5.41) is 5.29. The maximum absolute atomic E-state index is 12.6. The number of anilines is 1. The molecule has 114 valence electrons. The molecular weight excluding hydrogens is 396 g/mol. The molecule has 0 amide bonds. The number of aryl methyl sites for hydroxylation is 1. The van der Waals surface area contributed by atoms with E-state index in [1.165, 1.54) is 11.3 Å². The summed E-state index contributed by atoms with van der Waals surface area (Å²) in [4.78, 5) is 1.11. The highest BCUT2D eigenvalue weighted by Gasteiger charge is 2.23. The van der Waals surface area contributed by atoms with E-state index in [1.54, 1.807) is 32.2 Å². The van der Waals surface area contributed by atoms with Gasteiger partial charge in [-0.2, -0.15) is 0 Å². The Labute approximate surface area is 141 Å². The van der Waals surface area contributed by atoms with Gasteiger partial charge in [0.05, 0.1) is 5.69 Å². The Balaban J connectivity index is 2.43. The number of benzene rings is 1. The Morgan fingerprint density at radius 2 is 2.10 bits per heavy atom. The van der Waals surface area contributed by atoms with Crippen LogP contribution in [0.2, 0.25) is 5.02 Å². The van der Waals surface area contributed by atoms with E-state index >= 15 is 0 Å². The van der Waals surface area contributed by atoms with Gasteiger partial charge < -0.3 is 5.32 Å². The van der Waals surface area contributed by atoms with Crippen molar-refractivity contribution in [2.45, 2.75) is 18.4 Å². The third kappa shape index (κ3) is 3.78. The van der Waals surface area contributed by atoms with Crippen LogP contribution in [0.15, 0.2) is 32.9 Å². The Hall–Kier alpha value is -0.600. The lowest BCUT2D eigenvalue weighted by Gasteiger charge is -2.12. The van der Waals surface area contributed by atoms with Crippen molar-refractivity contribution in [1.29, 1.82) is 0 Å². The molecule has 0 saturated carbocycles. The van der Waals surface area contributed by atoms with Crippen LogP contribution in [0.4, 0.5) is 5.69 Å². The molecule has 1 aromatic carbocycles. The summed E-state index contributed by atoms with van der Waals surface area (Å²) >= 11 is 10.7. The highest BCUT2D eigenvalue weighted by Crippen LogP contribution is 2.32. The molecule has 0 aliphatic carbocycles. The maximum Gasteiger partial charge on any atom is 0.263 e. The first-order valence-corrected chi connectivity index (χ1v) is 9.58. The summed E-state index contributed by atoms with van der Waals surface area (Å²) in [6.07, 6.45) is 0. The zero-order chi connectivity index (χ0) is 15.6. The third-order valence-corrected chi connectivity index (χ3v) is 6.52. The van der Waals surface area contributed by atoms with E-state index in [-0.39, 0.29) is 0 Å². The monoisotopic (exact) mass is 408 g/mol. The molecule has 2 aromatic rings. The van der Waals surface area contributed by atoms with Crippen molar-refractivity contribution >= 4 is 54.6 Å². The first-order chi connectivity index (χ1) is 9.85. The van der Waals surface area contributed by atoms with Gasteiger partial charge >= 0.3 is 0 Å². The molecule has 0 saturated heterocycles. The van der Waals surface area contributed by atoms with E-state index in [0.29, 0.717) is 26.6 Å². The standard InChI is InChI=1S/C13H14BrClN2O2S2/c1-8-7-20-12(6-16-2)13(8)21(18,19)17-11-5-9(15)3-4-10(11)14/h3-5,7,16-17H,6H2,1-2H3. The van der Waals surface area contributed by atoms with Gasteiger partial charge in [0, 0.05) is 20.9 Å². The van der Waals surface area contributed by atoms with E-state index in [2.05, 4.69) is 26.0 Å². The minimum atomic E-state index is -3.66. The van der Waals surface area contributed by atoms with Crippen molar-refractivity contribution in [3.05, 3.63) is 43.5 Å². The molecule has 0 spiro atoms. The highest BCUT2D eigenvalue weighted by atomic mass is 79.9. The van der Waals surface area contributed by atoms with E-state index in [9.17, 15) is 8.42 Å². The number of sulfonamides is 1. The van der Waals surface area contributed by atoms with Gasteiger partial charge in [-0.1, -0.05) is 11.6 Å². The number of rotatable bonds is 5. The first kappa shape index (κ1) is 16.8. The summed E-state index contributed by atoms with van der Waals surface area (Å²) in [7, 11) is -1.88. The quantitative estimate of drug-likeness (QED) is 0.785. The van der Waals surface area contributed by atoms with Gasteiger partial charge in [0.2, 0.25) is 0 Å². The van der Waals surface area contributed by atoms with Gasteiger partial charge in [0.1, 0.15) is 4.90 Å². The second kappa shape index (κ2) is 6.66. The van der Waals surface area contributed by atoms with Crippen molar-refractivity contribution in [2.24, 2.45) is 0 Å². The van der Waals surface area contributed by atoms with Crippen LogP contribution >= 0.6 is 38.9 Å². The molecule has 2 rings (SSSR count). The Kier molecular flexibility index (Phi) is 5.32. The molecule has 0 aliphatic rings. The van der Waals surface area contributed by atoms with E-state index in [0.717, 1.165) is 10.4 Å². The molecule has 1 aromatic heterocycles. The predicted octanol–water partition coefficient (Wildman–Crippen LogP) is 3.99. The van der Waals surface area contributed by atoms with Crippen molar-refractivity contribution in [3.63, 3.8) is 0 Å². The summed E-state index contributed by atoms with van der Waals surface area (Å²) < 4.78 is 28.5. The van der Waals surface area contributed by atoms with Gasteiger partial charge in [-0.15, -0.1) is 11.3 Å². The topological polar surface area (TPSA) is 58.2 Å². The van der Waals surface area contributed by atoms with E-state index < -0.39 is 10.0 Å². The summed E-state index contributed by atoms with van der Waals surface area (Å²) in [6.45, 7) is 2.29. The zero-order valence-corrected chi connectivity index (χ0v) is 15.4. The second-order valence-corrected chi connectivity index (χ2v) is 8.31. The minimum absolute atomic E-state index is 0.328. The number of hydrogen-bond acceptors (Lipinski definition) is 4. The number of hydrogen-bond donors (Lipinski definition) is 2. The molecule has 0 aliphatic heterocycles. The van der Waals surface area contributed by atoms with Crippen molar-refractivity contribution < 1.29 is 8.42 Å². The fourth-order valence-electron chi connectivity index (χ4n) is 1.90. The molecule has 0 fully saturated rings. The molecule has 4 nitrogen and oxygen atoms in total. The summed E-state index contributed by atoms with van der Waals surface area (Å²) in [6, 6.07) is 4.96.